The summed E-state index contributed by atoms with van der Waals surface area (Å²) in [6, 6.07) is 4.82. The predicted octanol–water partition coefficient (Wildman–Crippen LogP) is 3.77. The van der Waals surface area contributed by atoms with Gasteiger partial charge in [0.1, 0.15) is 0 Å². The summed E-state index contributed by atoms with van der Waals surface area (Å²) in [6.45, 7) is 1.77. The lowest BCUT2D eigenvalue weighted by atomic mass is 9.99. The second kappa shape index (κ2) is 4.96. The summed E-state index contributed by atoms with van der Waals surface area (Å²) in [5.74, 6) is -1.61. The summed E-state index contributed by atoms with van der Waals surface area (Å²) in [4.78, 5) is 14.8. The SMILES string of the molecule is Cc1cncc(-c2ccc(C(=O)O)c(C(F)(F)F)c2)c1. The molecule has 1 N–H and O–H groups in total. The average Bonchev–Trinajstić information content (AvgIpc) is 2.37. The molecule has 1 aromatic heterocycles. The fraction of sp³-hybridized carbons (Fsp3) is 0.143. The quantitative estimate of drug-likeness (QED) is 0.911. The molecule has 3 nitrogen and oxygen atoms in total. The zero-order chi connectivity index (χ0) is 14.9. The molecule has 0 aliphatic rings. The molecule has 0 aliphatic heterocycles. The molecule has 0 saturated carbocycles. The molecule has 104 valence electrons. The van der Waals surface area contributed by atoms with Crippen molar-refractivity contribution in [1.29, 1.82) is 0 Å². The standard InChI is InChI=1S/C14H10F3NO2/c1-8-4-10(7-18-6-8)9-2-3-11(13(19)20)12(5-9)14(15,16)17/h2-7H,1H3,(H,19,20). The van der Waals surface area contributed by atoms with Crippen LogP contribution in [0.1, 0.15) is 21.5 Å². The number of halogens is 3. The van der Waals surface area contributed by atoms with Crippen LogP contribution in [0, 0.1) is 6.92 Å². The normalized spacial score (nSPS) is 11.4. The van der Waals surface area contributed by atoms with Gasteiger partial charge in [-0.25, -0.2) is 4.79 Å². The Morgan fingerprint density at radius 3 is 2.40 bits per heavy atom. The highest BCUT2D eigenvalue weighted by atomic mass is 19.4. The van der Waals surface area contributed by atoms with Crippen molar-refractivity contribution in [3.8, 4) is 11.1 Å². The molecule has 0 bridgehead atoms. The number of benzene rings is 1. The molecule has 0 aliphatic carbocycles. The van der Waals surface area contributed by atoms with E-state index in [1.807, 2.05) is 0 Å². The Kier molecular flexibility index (Phi) is 3.48. The van der Waals surface area contributed by atoms with Gasteiger partial charge in [-0.15, -0.1) is 0 Å². The summed E-state index contributed by atoms with van der Waals surface area (Å²) in [6.07, 6.45) is -1.70. The number of hydrogen-bond donors (Lipinski definition) is 1. The van der Waals surface area contributed by atoms with E-state index in [0.717, 1.165) is 17.7 Å². The summed E-state index contributed by atoms with van der Waals surface area (Å²) < 4.78 is 38.7. The van der Waals surface area contributed by atoms with Crippen molar-refractivity contribution in [3.05, 3.63) is 53.3 Å². The monoisotopic (exact) mass is 281 g/mol. The molecule has 6 heteroatoms. The lowest BCUT2D eigenvalue weighted by Gasteiger charge is -2.12. The number of nitrogens with zero attached hydrogens (tertiary/aromatic N) is 1. The fourth-order valence-corrected chi connectivity index (χ4v) is 1.86. The van der Waals surface area contributed by atoms with Crippen LogP contribution < -0.4 is 0 Å². The number of aromatic nitrogens is 1. The summed E-state index contributed by atoms with van der Waals surface area (Å²) in [5.41, 5.74) is -0.338. The largest absolute Gasteiger partial charge is 0.478 e. The minimum absolute atomic E-state index is 0.276. The first-order chi connectivity index (χ1) is 9.29. The zero-order valence-electron chi connectivity index (χ0n) is 10.4. The third-order valence-corrected chi connectivity index (χ3v) is 2.76. The molecule has 1 heterocycles. The smallest absolute Gasteiger partial charge is 0.417 e. The number of alkyl halides is 3. The summed E-state index contributed by atoms with van der Waals surface area (Å²) >= 11 is 0. The first kappa shape index (κ1) is 14.0. The third kappa shape index (κ3) is 2.79. The Bertz CT molecular complexity index is 666. The Morgan fingerprint density at radius 1 is 1.15 bits per heavy atom. The van der Waals surface area contributed by atoms with Crippen LogP contribution in [-0.4, -0.2) is 16.1 Å². The maximum Gasteiger partial charge on any atom is 0.417 e. The maximum atomic E-state index is 12.9. The lowest BCUT2D eigenvalue weighted by molar-refractivity contribution is -0.138. The molecule has 0 unspecified atom stereocenters. The van der Waals surface area contributed by atoms with Crippen LogP contribution in [0.4, 0.5) is 13.2 Å². The van der Waals surface area contributed by atoms with E-state index in [4.69, 9.17) is 5.11 Å². The second-order valence-electron chi connectivity index (χ2n) is 4.31. The molecule has 0 saturated heterocycles. The first-order valence-electron chi connectivity index (χ1n) is 5.65. The number of hydrogen-bond acceptors (Lipinski definition) is 2. The highest BCUT2D eigenvalue weighted by Gasteiger charge is 2.35. The van der Waals surface area contributed by atoms with E-state index in [1.54, 1.807) is 19.2 Å². The van der Waals surface area contributed by atoms with Gasteiger partial charge in [0.05, 0.1) is 11.1 Å². The van der Waals surface area contributed by atoms with Crippen molar-refractivity contribution in [2.24, 2.45) is 0 Å². The van der Waals surface area contributed by atoms with Crippen molar-refractivity contribution in [1.82, 2.24) is 4.98 Å². The minimum Gasteiger partial charge on any atom is -0.478 e. The van der Waals surface area contributed by atoms with Crippen LogP contribution in [0.3, 0.4) is 0 Å². The van der Waals surface area contributed by atoms with Crippen LogP contribution in [-0.2, 0) is 6.18 Å². The molecular formula is C14H10F3NO2. The van der Waals surface area contributed by atoms with Crippen molar-refractivity contribution >= 4 is 5.97 Å². The Labute approximate surface area is 112 Å². The van der Waals surface area contributed by atoms with Gasteiger partial charge in [0.2, 0.25) is 0 Å². The van der Waals surface area contributed by atoms with Crippen molar-refractivity contribution in [3.63, 3.8) is 0 Å². The van der Waals surface area contributed by atoms with Gasteiger partial charge < -0.3 is 5.11 Å². The van der Waals surface area contributed by atoms with E-state index in [0.29, 0.717) is 5.56 Å². The van der Waals surface area contributed by atoms with Crippen molar-refractivity contribution < 1.29 is 23.1 Å². The number of rotatable bonds is 2. The number of carboxylic acid groups (broad SMARTS) is 1. The van der Waals surface area contributed by atoms with Gasteiger partial charge in [0, 0.05) is 18.0 Å². The Morgan fingerprint density at radius 2 is 1.85 bits per heavy atom. The molecule has 0 amide bonds. The average molecular weight is 281 g/mol. The van der Waals surface area contributed by atoms with E-state index in [9.17, 15) is 18.0 Å². The van der Waals surface area contributed by atoms with Gasteiger partial charge in [-0.05, 0) is 36.2 Å². The molecule has 0 spiro atoms. The molecule has 0 radical (unpaired) electrons. The second-order valence-corrected chi connectivity index (χ2v) is 4.31. The topological polar surface area (TPSA) is 50.2 Å². The van der Waals surface area contributed by atoms with Gasteiger partial charge in [-0.3, -0.25) is 4.98 Å². The molecule has 2 aromatic rings. The number of aryl methyl sites for hydroxylation is 1. The molecule has 1 aromatic carbocycles. The highest BCUT2D eigenvalue weighted by Crippen LogP contribution is 2.35. The van der Waals surface area contributed by atoms with Gasteiger partial charge in [0.25, 0.3) is 0 Å². The fourth-order valence-electron chi connectivity index (χ4n) is 1.86. The number of carbonyl (C=O) groups is 1. The van der Waals surface area contributed by atoms with Crippen LogP contribution in [0.5, 0.6) is 0 Å². The zero-order valence-corrected chi connectivity index (χ0v) is 10.4. The van der Waals surface area contributed by atoms with E-state index >= 15 is 0 Å². The molecule has 0 atom stereocenters. The highest BCUT2D eigenvalue weighted by molar-refractivity contribution is 5.90. The molecule has 20 heavy (non-hydrogen) atoms. The van der Waals surface area contributed by atoms with E-state index < -0.39 is 23.3 Å². The van der Waals surface area contributed by atoms with E-state index in [1.165, 1.54) is 12.3 Å². The lowest BCUT2D eigenvalue weighted by Crippen LogP contribution is -2.13. The number of aromatic carboxylic acids is 1. The maximum absolute atomic E-state index is 12.9. The van der Waals surface area contributed by atoms with Crippen molar-refractivity contribution in [2.75, 3.05) is 0 Å². The van der Waals surface area contributed by atoms with Gasteiger partial charge >= 0.3 is 12.1 Å². The molecule has 2 rings (SSSR count). The molecule has 0 fully saturated rings. The van der Waals surface area contributed by atoms with E-state index in [-0.39, 0.29) is 5.56 Å². The summed E-state index contributed by atoms with van der Waals surface area (Å²) in [5, 5.41) is 8.82. The Balaban J connectivity index is 2.61. The number of pyridine rings is 1. The van der Waals surface area contributed by atoms with Gasteiger partial charge in [-0.1, -0.05) is 6.07 Å². The number of carboxylic acids is 1. The van der Waals surface area contributed by atoms with Crippen LogP contribution in [0.2, 0.25) is 0 Å². The van der Waals surface area contributed by atoms with Crippen LogP contribution >= 0.6 is 0 Å². The van der Waals surface area contributed by atoms with Crippen LogP contribution in [0.15, 0.2) is 36.7 Å². The van der Waals surface area contributed by atoms with Gasteiger partial charge in [-0.2, -0.15) is 13.2 Å². The van der Waals surface area contributed by atoms with Crippen LogP contribution in [0.25, 0.3) is 11.1 Å². The van der Waals surface area contributed by atoms with Crippen molar-refractivity contribution in [2.45, 2.75) is 13.1 Å². The minimum atomic E-state index is -4.72. The predicted molar refractivity (Wildman–Crippen MR) is 66.4 cm³/mol. The first-order valence-corrected chi connectivity index (χ1v) is 5.65. The summed E-state index contributed by atoms with van der Waals surface area (Å²) in [7, 11) is 0. The Hall–Kier alpha value is -2.37. The van der Waals surface area contributed by atoms with Gasteiger partial charge in [0.15, 0.2) is 0 Å². The molecular weight excluding hydrogens is 271 g/mol. The van der Waals surface area contributed by atoms with E-state index in [2.05, 4.69) is 4.98 Å². The third-order valence-electron chi connectivity index (χ3n) is 2.76.